The first-order valence-electron chi connectivity index (χ1n) is 25.9. The van der Waals surface area contributed by atoms with E-state index < -0.39 is 0 Å². The highest BCUT2D eigenvalue weighted by atomic mass is 16.6. The molecule has 1 N–H and O–H groups in total. The molecule has 8 heteroatoms. The van der Waals surface area contributed by atoms with Crippen molar-refractivity contribution in [1.29, 1.82) is 0 Å². The van der Waals surface area contributed by atoms with Crippen molar-refractivity contribution in [2.45, 2.75) is 277 Å². The highest BCUT2D eigenvalue weighted by molar-refractivity contribution is 5.69. The Hall–Kier alpha value is -1.22. The van der Waals surface area contributed by atoms with Crippen molar-refractivity contribution in [3.8, 4) is 0 Å². The molecule has 0 unspecified atom stereocenters. The number of hydrogen-bond acceptors (Lipinski definition) is 8. The van der Waals surface area contributed by atoms with E-state index in [-0.39, 0.29) is 43.0 Å². The maximum Gasteiger partial charge on any atom is 0.306 e. The maximum absolute atomic E-state index is 12.9. The van der Waals surface area contributed by atoms with Crippen molar-refractivity contribution >= 4 is 11.9 Å². The SMILES string of the molecule is CCCCCCCCC(CCCCCCCC)OC(=O)CCCCO[C@H]1CN(CCCO)C[C@H]1OCCCCC(=O)OC(CCCCCCCC)CCCCCCCC. The smallest absolute Gasteiger partial charge is 0.306 e. The monoisotopic (exact) mass is 838 g/mol. The molecule has 0 aromatic heterocycles. The lowest BCUT2D eigenvalue weighted by Crippen LogP contribution is -2.30. The van der Waals surface area contributed by atoms with Crippen LogP contribution in [0.1, 0.15) is 252 Å². The zero-order valence-corrected chi connectivity index (χ0v) is 39.6. The van der Waals surface area contributed by atoms with Crippen molar-refractivity contribution in [1.82, 2.24) is 4.90 Å². The van der Waals surface area contributed by atoms with Crippen LogP contribution in [0.4, 0.5) is 0 Å². The molecule has 1 heterocycles. The van der Waals surface area contributed by atoms with E-state index in [4.69, 9.17) is 18.9 Å². The van der Waals surface area contributed by atoms with Gasteiger partial charge in [-0.3, -0.25) is 14.5 Å². The molecule has 0 bridgehead atoms. The Labute approximate surface area is 365 Å². The summed E-state index contributed by atoms with van der Waals surface area (Å²) in [5.74, 6) is -0.113. The lowest BCUT2D eigenvalue weighted by atomic mass is 10.0. The van der Waals surface area contributed by atoms with Crippen LogP contribution in [0.3, 0.4) is 0 Å². The highest BCUT2D eigenvalue weighted by Crippen LogP contribution is 2.22. The van der Waals surface area contributed by atoms with Crippen molar-refractivity contribution in [3.05, 3.63) is 0 Å². The molecule has 1 aliphatic heterocycles. The third-order valence-electron chi connectivity index (χ3n) is 12.3. The van der Waals surface area contributed by atoms with Gasteiger partial charge < -0.3 is 24.1 Å². The summed E-state index contributed by atoms with van der Waals surface area (Å²) in [5, 5.41) is 9.42. The van der Waals surface area contributed by atoms with E-state index in [1.807, 2.05) is 0 Å². The van der Waals surface area contributed by atoms with Crippen molar-refractivity contribution in [3.63, 3.8) is 0 Å². The topological polar surface area (TPSA) is 94.5 Å². The lowest BCUT2D eigenvalue weighted by molar-refractivity contribution is -0.151. The summed E-state index contributed by atoms with van der Waals surface area (Å²) in [6.07, 6.45) is 39.1. The summed E-state index contributed by atoms with van der Waals surface area (Å²) in [4.78, 5) is 28.1. The van der Waals surface area contributed by atoms with Crippen LogP contribution in [0.5, 0.6) is 0 Å². The van der Waals surface area contributed by atoms with E-state index in [1.165, 1.54) is 128 Å². The fourth-order valence-corrected chi connectivity index (χ4v) is 8.45. The predicted octanol–water partition coefficient (Wildman–Crippen LogP) is 13.6. The molecule has 0 spiro atoms. The van der Waals surface area contributed by atoms with Gasteiger partial charge in [0.1, 0.15) is 12.2 Å². The first-order chi connectivity index (χ1) is 29.0. The Morgan fingerprint density at radius 2 is 0.780 bits per heavy atom. The number of aliphatic hydroxyl groups is 1. The number of carbonyl (C=O) groups is 2. The van der Waals surface area contributed by atoms with Gasteiger partial charge in [-0.25, -0.2) is 0 Å². The largest absolute Gasteiger partial charge is 0.462 e. The average molecular weight is 838 g/mol. The zero-order chi connectivity index (χ0) is 42.9. The van der Waals surface area contributed by atoms with Crippen molar-refractivity contribution in [2.24, 2.45) is 0 Å². The molecule has 1 saturated heterocycles. The number of likely N-dealkylation sites (tertiary alicyclic amines) is 1. The fraction of sp³-hybridized carbons (Fsp3) is 0.961. The Kier molecular flexibility index (Phi) is 39.8. The molecule has 0 aromatic rings. The molecule has 1 fully saturated rings. The van der Waals surface area contributed by atoms with E-state index in [2.05, 4.69) is 32.6 Å². The number of unbranched alkanes of at least 4 members (excludes halogenated alkanes) is 22. The summed E-state index contributed by atoms with van der Waals surface area (Å²) in [5.41, 5.74) is 0. The summed E-state index contributed by atoms with van der Waals surface area (Å²) in [7, 11) is 0. The Morgan fingerprint density at radius 1 is 0.458 bits per heavy atom. The van der Waals surface area contributed by atoms with Crippen LogP contribution >= 0.6 is 0 Å². The Bertz CT molecular complexity index is 819. The highest BCUT2D eigenvalue weighted by Gasteiger charge is 2.34. The molecule has 1 aliphatic rings. The van der Waals surface area contributed by atoms with E-state index in [1.54, 1.807) is 0 Å². The van der Waals surface area contributed by atoms with Crippen LogP contribution < -0.4 is 0 Å². The number of esters is 2. The first kappa shape index (κ1) is 55.8. The van der Waals surface area contributed by atoms with Gasteiger partial charge in [-0.2, -0.15) is 0 Å². The number of carbonyl (C=O) groups excluding carboxylic acids is 2. The molecule has 0 radical (unpaired) electrons. The molecule has 0 aliphatic carbocycles. The second-order valence-electron chi connectivity index (χ2n) is 18.0. The summed E-state index contributed by atoms with van der Waals surface area (Å²) >= 11 is 0. The normalized spacial score (nSPS) is 15.8. The van der Waals surface area contributed by atoms with Crippen LogP contribution in [0.2, 0.25) is 0 Å². The number of nitrogens with zero attached hydrogens (tertiary/aromatic N) is 1. The number of rotatable bonds is 45. The molecule has 2 atom stereocenters. The maximum atomic E-state index is 12.9. The standard InChI is InChI=1S/C51H99NO7/c1-5-9-13-17-21-25-34-46(35-26-22-18-14-10-6-2)58-50(54)38-29-31-42-56-48-44-52(40-33-41-53)45-49(48)57-43-32-30-39-51(55)59-47(36-27-23-19-15-11-7-3)37-28-24-20-16-12-8-4/h46-49,53H,5-45H2,1-4H3/t48-,49+. The van der Waals surface area contributed by atoms with Crippen LogP contribution in [0, 0.1) is 0 Å². The van der Waals surface area contributed by atoms with Crippen LogP contribution in [-0.2, 0) is 28.5 Å². The summed E-state index contributed by atoms with van der Waals surface area (Å²) < 4.78 is 24.9. The van der Waals surface area contributed by atoms with Gasteiger partial charge in [-0.1, -0.05) is 156 Å². The van der Waals surface area contributed by atoms with Crippen LogP contribution in [0.25, 0.3) is 0 Å². The van der Waals surface area contributed by atoms with Crippen molar-refractivity contribution < 1.29 is 33.6 Å². The lowest BCUT2D eigenvalue weighted by Gasteiger charge is -2.20. The zero-order valence-electron chi connectivity index (χ0n) is 39.6. The third kappa shape index (κ3) is 34.0. The molecule has 350 valence electrons. The molecule has 1 rings (SSSR count). The van der Waals surface area contributed by atoms with E-state index in [0.29, 0.717) is 26.1 Å². The van der Waals surface area contributed by atoms with Gasteiger partial charge in [0.15, 0.2) is 0 Å². The van der Waals surface area contributed by atoms with E-state index >= 15 is 0 Å². The quantitative estimate of drug-likeness (QED) is 0.0479. The van der Waals surface area contributed by atoms with Gasteiger partial charge in [0.2, 0.25) is 0 Å². The van der Waals surface area contributed by atoms with Gasteiger partial charge in [-0.15, -0.1) is 0 Å². The first-order valence-corrected chi connectivity index (χ1v) is 25.9. The summed E-state index contributed by atoms with van der Waals surface area (Å²) in [6, 6.07) is 0. The van der Waals surface area contributed by atoms with Gasteiger partial charge >= 0.3 is 11.9 Å². The number of hydrogen-bond donors (Lipinski definition) is 1. The number of ether oxygens (including phenoxy) is 4. The average Bonchev–Trinajstić information content (AvgIpc) is 3.62. The molecule has 0 aromatic carbocycles. The second-order valence-corrected chi connectivity index (χ2v) is 18.0. The van der Waals surface area contributed by atoms with Crippen LogP contribution in [0.15, 0.2) is 0 Å². The molecular weight excluding hydrogens is 739 g/mol. The van der Waals surface area contributed by atoms with Gasteiger partial charge in [0, 0.05) is 52.3 Å². The molecule has 8 nitrogen and oxygen atoms in total. The second kappa shape index (κ2) is 42.1. The third-order valence-corrected chi connectivity index (χ3v) is 12.3. The predicted molar refractivity (Wildman–Crippen MR) is 247 cm³/mol. The van der Waals surface area contributed by atoms with Gasteiger partial charge in [-0.05, 0) is 83.5 Å². The molecule has 0 saturated carbocycles. The summed E-state index contributed by atoms with van der Waals surface area (Å²) in [6.45, 7) is 12.8. The molecule has 59 heavy (non-hydrogen) atoms. The minimum atomic E-state index is -0.0563. The minimum Gasteiger partial charge on any atom is -0.462 e. The van der Waals surface area contributed by atoms with Crippen molar-refractivity contribution in [2.75, 3.05) is 39.5 Å². The Balaban J connectivity index is 2.45. The minimum absolute atomic E-state index is 0.0330. The van der Waals surface area contributed by atoms with Crippen LogP contribution in [-0.4, -0.2) is 85.8 Å². The number of aliphatic hydroxyl groups excluding tert-OH is 1. The van der Waals surface area contributed by atoms with E-state index in [9.17, 15) is 14.7 Å². The van der Waals surface area contributed by atoms with E-state index in [0.717, 1.165) is 103 Å². The van der Waals surface area contributed by atoms with Gasteiger partial charge in [0.05, 0.1) is 12.2 Å². The fourth-order valence-electron chi connectivity index (χ4n) is 8.45. The Morgan fingerprint density at radius 3 is 1.10 bits per heavy atom. The molecule has 0 amide bonds. The molecular formula is C51H99NO7. The van der Waals surface area contributed by atoms with Gasteiger partial charge in [0.25, 0.3) is 0 Å².